The van der Waals surface area contributed by atoms with Crippen molar-refractivity contribution in [2.75, 3.05) is 17.2 Å². The van der Waals surface area contributed by atoms with Crippen molar-refractivity contribution in [1.82, 2.24) is 5.32 Å². The molecule has 2 rings (SSSR count). The third-order valence-corrected chi connectivity index (χ3v) is 3.35. The molecule has 1 aromatic carbocycles. The second-order valence-corrected chi connectivity index (χ2v) is 5.14. The fourth-order valence-electron chi connectivity index (χ4n) is 2.41. The van der Waals surface area contributed by atoms with Crippen molar-refractivity contribution in [3.05, 3.63) is 24.3 Å². The van der Waals surface area contributed by atoms with Crippen LogP contribution in [0.4, 0.5) is 11.4 Å². The highest BCUT2D eigenvalue weighted by Crippen LogP contribution is 2.16. The molecule has 0 aromatic heterocycles. The molecule has 0 radical (unpaired) electrons. The Morgan fingerprint density at radius 3 is 2.62 bits per heavy atom. The minimum atomic E-state index is -0.124. The minimum Gasteiger partial charge on any atom is -0.326 e. The van der Waals surface area contributed by atoms with Crippen molar-refractivity contribution in [3.8, 4) is 0 Å². The number of amides is 2. The Labute approximate surface area is 131 Å². The molecule has 1 saturated heterocycles. The normalized spacial score (nSPS) is 16.9. The molecule has 1 aromatic rings. The smallest absolute Gasteiger partial charge is 0.224 e. The van der Waals surface area contributed by atoms with Gasteiger partial charge in [0.25, 0.3) is 0 Å². The van der Waals surface area contributed by atoms with Gasteiger partial charge in [-0.3, -0.25) is 9.59 Å². The molecule has 1 fully saturated rings. The van der Waals surface area contributed by atoms with Crippen LogP contribution < -0.4 is 16.0 Å². The molecule has 1 atom stereocenters. The van der Waals surface area contributed by atoms with Crippen LogP contribution in [0.1, 0.15) is 32.6 Å². The third-order valence-electron chi connectivity index (χ3n) is 3.35. The van der Waals surface area contributed by atoms with Gasteiger partial charge in [0.2, 0.25) is 11.8 Å². The van der Waals surface area contributed by atoms with Crippen LogP contribution in [0.5, 0.6) is 0 Å². The number of carbonyl (C=O) groups excluding carboxylic acids is 2. The second-order valence-electron chi connectivity index (χ2n) is 5.14. The number of carbonyl (C=O) groups is 2. The van der Waals surface area contributed by atoms with Gasteiger partial charge in [-0.1, -0.05) is 6.07 Å². The summed E-state index contributed by atoms with van der Waals surface area (Å²) in [4.78, 5) is 22.9. The van der Waals surface area contributed by atoms with E-state index in [0.29, 0.717) is 23.8 Å². The average molecular weight is 312 g/mol. The van der Waals surface area contributed by atoms with E-state index in [9.17, 15) is 9.59 Å². The summed E-state index contributed by atoms with van der Waals surface area (Å²) in [7, 11) is 0. The molecule has 0 saturated carbocycles. The number of hydrogen-bond donors (Lipinski definition) is 3. The molecular formula is C15H22ClN3O2. The molecule has 1 unspecified atom stereocenters. The zero-order valence-electron chi connectivity index (χ0n) is 12.1. The zero-order chi connectivity index (χ0) is 14.4. The maximum Gasteiger partial charge on any atom is 0.224 e. The van der Waals surface area contributed by atoms with E-state index >= 15 is 0 Å². The molecule has 5 nitrogen and oxygen atoms in total. The number of rotatable bonds is 5. The predicted octanol–water partition coefficient (Wildman–Crippen LogP) is 2.54. The van der Waals surface area contributed by atoms with E-state index in [2.05, 4.69) is 16.0 Å². The number of nitrogens with one attached hydrogen (secondary N) is 3. The SMILES string of the molecule is CC(=O)Nc1cccc(NC(=O)CCC2CCCN2)c1.Cl. The first-order valence-electron chi connectivity index (χ1n) is 7.04. The zero-order valence-corrected chi connectivity index (χ0v) is 13.0. The first-order chi connectivity index (χ1) is 9.63. The van der Waals surface area contributed by atoms with Gasteiger partial charge in [-0.2, -0.15) is 0 Å². The lowest BCUT2D eigenvalue weighted by Gasteiger charge is -2.11. The van der Waals surface area contributed by atoms with Crippen LogP contribution in [0.2, 0.25) is 0 Å². The maximum atomic E-state index is 11.9. The van der Waals surface area contributed by atoms with Gasteiger partial charge >= 0.3 is 0 Å². The Hall–Kier alpha value is -1.59. The summed E-state index contributed by atoms with van der Waals surface area (Å²) in [5.41, 5.74) is 1.40. The number of hydrogen-bond acceptors (Lipinski definition) is 3. The third kappa shape index (κ3) is 6.14. The van der Waals surface area contributed by atoms with Gasteiger partial charge in [0.05, 0.1) is 0 Å². The Balaban J connectivity index is 0.00000220. The molecule has 6 heteroatoms. The van der Waals surface area contributed by atoms with Crippen molar-refractivity contribution in [2.24, 2.45) is 0 Å². The number of benzene rings is 1. The topological polar surface area (TPSA) is 70.2 Å². The standard InChI is InChI=1S/C15H21N3O2.ClH/c1-11(19)17-13-4-2-5-14(10-13)18-15(20)8-7-12-6-3-9-16-12;/h2,4-5,10,12,16H,3,6-9H2,1H3,(H,17,19)(H,18,20);1H. The molecular weight excluding hydrogens is 290 g/mol. The number of halogens is 1. The Kier molecular flexibility index (Phi) is 7.19. The van der Waals surface area contributed by atoms with Crippen molar-refractivity contribution >= 4 is 35.6 Å². The van der Waals surface area contributed by atoms with E-state index in [1.54, 1.807) is 18.2 Å². The average Bonchev–Trinajstić information content (AvgIpc) is 2.89. The van der Waals surface area contributed by atoms with E-state index in [1.807, 2.05) is 6.07 Å². The Morgan fingerprint density at radius 2 is 2.00 bits per heavy atom. The highest BCUT2D eigenvalue weighted by Gasteiger charge is 2.15. The summed E-state index contributed by atoms with van der Waals surface area (Å²) in [5, 5.41) is 8.94. The molecule has 3 N–H and O–H groups in total. The van der Waals surface area contributed by atoms with Crippen molar-refractivity contribution < 1.29 is 9.59 Å². The summed E-state index contributed by atoms with van der Waals surface area (Å²) in [6.45, 7) is 2.52. The second kappa shape index (κ2) is 8.64. The molecule has 21 heavy (non-hydrogen) atoms. The van der Waals surface area contributed by atoms with Crippen LogP contribution in [-0.2, 0) is 9.59 Å². The van der Waals surface area contributed by atoms with Crippen LogP contribution in [0.25, 0.3) is 0 Å². The van der Waals surface area contributed by atoms with Crippen molar-refractivity contribution in [2.45, 2.75) is 38.6 Å². The van der Waals surface area contributed by atoms with Crippen LogP contribution >= 0.6 is 12.4 Å². The largest absolute Gasteiger partial charge is 0.326 e. The van der Waals surface area contributed by atoms with E-state index in [-0.39, 0.29) is 24.2 Å². The van der Waals surface area contributed by atoms with Crippen LogP contribution in [0.3, 0.4) is 0 Å². The van der Waals surface area contributed by atoms with Gasteiger partial charge < -0.3 is 16.0 Å². The summed E-state index contributed by atoms with van der Waals surface area (Å²) in [6.07, 6.45) is 3.75. The monoisotopic (exact) mass is 311 g/mol. The summed E-state index contributed by atoms with van der Waals surface area (Å²) < 4.78 is 0. The van der Waals surface area contributed by atoms with E-state index in [0.717, 1.165) is 19.4 Å². The van der Waals surface area contributed by atoms with E-state index < -0.39 is 0 Å². The van der Waals surface area contributed by atoms with Gasteiger partial charge in [0.1, 0.15) is 0 Å². The lowest BCUT2D eigenvalue weighted by atomic mass is 10.1. The maximum absolute atomic E-state index is 11.9. The summed E-state index contributed by atoms with van der Waals surface area (Å²) in [6, 6.07) is 7.65. The summed E-state index contributed by atoms with van der Waals surface area (Å²) in [5.74, 6) is -0.112. The Bertz CT molecular complexity index is 488. The van der Waals surface area contributed by atoms with Gasteiger partial charge in [0.15, 0.2) is 0 Å². The molecule has 0 aliphatic carbocycles. The lowest BCUT2D eigenvalue weighted by Crippen LogP contribution is -2.23. The van der Waals surface area contributed by atoms with Crippen LogP contribution in [0, 0.1) is 0 Å². The molecule has 1 heterocycles. The Morgan fingerprint density at radius 1 is 1.29 bits per heavy atom. The molecule has 2 amide bonds. The van der Waals surface area contributed by atoms with Crippen LogP contribution in [-0.4, -0.2) is 24.4 Å². The van der Waals surface area contributed by atoms with Crippen molar-refractivity contribution in [3.63, 3.8) is 0 Å². The first-order valence-corrected chi connectivity index (χ1v) is 7.04. The molecule has 1 aliphatic heterocycles. The van der Waals surface area contributed by atoms with Crippen molar-refractivity contribution in [1.29, 1.82) is 0 Å². The van der Waals surface area contributed by atoms with E-state index in [1.165, 1.54) is 13.3 Å². The quantitative estimate of drug-likeness (QED) is 0.782. The van der Waals surface area contributed by atoms with E-state index in [4.69, 9.17) is 0 Å². The first kappa shape index (κ1) is 17.5. The van der Waals surface area contributed by atoms with Gasteiger partial charge in [-0.05, 0) is 44.0 Å². The number of anilines is 2. The highest BCUT2D eigenvalue weighted by atomic mass is 35.5. The molecule has 1 aliphatic rings. The van der Waals surface area contributed by atoms with Gasteiger partial charge in [0, 0.05) is 30.8 Å². The fourth-order valence-corrected chi connectivity index (χ4v) is 2.41. The minimum absolute atomic E-state index is 0. The molecule has 0 bridgehead atoms. The van der Waals surface area contributed by atoms with Crippen LogP contribution in [0.15, 0.2) is 24.3 Å². The fraction of sp³-hybridized carbons (Fsp3) is 0.467. The summed E-state index contributed by atoms with van der Waals surface area (Å²) >= 11 is 0. The predicted molar refractivity (Wildman–Crippen MR) is 86.9 cm³/mol. The highest BCUT2D eigenvalue weighted by molar-refractivity contribution is 5.93. The molecule has 116 valence electrons. The molecule has 0 spiro atoms. The van der Waals surface area contributed by atoms with Gasteiger partial charge in [-0.25, -0.2) is 0 Å². The van der Waals surface area contributed by atoms with Gasteiger partial charge in [-0.15, -0.1) is 12.4 Å². The lowest BCUT2D eigenvalue weighted by molar-refractivity contribution is -0.116.